The van der Waals surface area contributed by atoms with Gasteiger partial charge in [0.15, 0.2) is 6.29 Å². The van der Waals surface area contributed by atoms with Crippen LogP contribution in [0.4, 0.5) is 0 Å². The first-order valence-corrected chi connectivity index (χ1v) is 5.62. The zero-order valence-corrected chi connectivity index (χ0v) is 9.68. The van der Waals surface area contributed by atoms with E-state index in [9.17, 15) is 4.79 Å². The molecule has 1 aromatic rings. The Morgan fingerprint density at radius 3 is 2.94 bits per heavy atom. The highest BCUT2D eigenvalue weighted by Gasteiger charge is 2.37. The van der Waals surface area contributed by atoms with Crippen LogP contribution in [0.1, 0.15) is 5.56 Å². The fourth-order valence-electron chi connectivity index (χ4n) is 1.87. The summed E-state index contributed by atoms with van der Waals surface area (Å²) >= 11 is 0. The molecule has 18 heavy (non-hydrogen) atoms. The molecular formula is C12H13N3O3. The van der Waals surface area contributed by atoms with E-state index in [1.54, 1.807) is 0 Å². The molecule has 2 rings (SSSR count). The number of rotatable bonds is 5. The highest BCUT2D eigenvalue weighted by Crippen LogP contribution is 2.21. The Morgan fingerprint density at radius 2 is 2.28 bits per heavy atom. The third-order valence-electron chi connectivity index (χ3n) is 2.78. The van der Waals surface area contributed by atoms with Crippen LogP contribution in [0.2, 0.25) is 0 Å². The van der Waals surface area contributed by atoms with Crippen LogP contribution in [0, 0.1) is 0 Å². The molecule has 0 bridgehead atoms. The highest BCUT2D eigenvalue weighted by molar-refractivity contribution is 5.58. The number of benzene rings is 1. The number of azide groups is 1. The Morgan fingerprint density at radius 1 is 1.50 bits per heavy atom. The molecular weight excluding hydrogens is 234 g/mol. The van der Waals surface area contributed by atoms with Gasteiger partial charge in [0.1, 0.15) is 12.2 Å². The maximum Gasteiger partial charge on any atom is 0.151 e. The standard InChI is InChI=1S/C12H13N3O3/c13-15-14-10-8-17-11(6-16)12(10)18-7-9-4-2-1-3-5-9/h1-6,10-12H,7-8H2/t10-,11-,12-/m0/s1. The molecule has 1 fully saturated rings. The van der Waals surface area contributed by atoms with Crippen molar-refractivity contribution >= 4 is 6.29 Å². The molecule has 0 unspecified atom stereocenters. The van der Waals surface area contributed by atoms with Gasteiger partial charge in [-0.2, -0.15) is 0 Å². The van der Waals surface area contributed by atoms with Gasteiger partial charge in [0, 0.05) is 4.91 Å². The van der Waals surface area contributed by atoms with Crippen molar-refractivity contribution in [2.75, 3.05) is 6.61 Å². The first-order chi connectivity index (χ1) is 8.85. The summed E-state index contributed by atoms with van der Waals surface area (Å²) in [6.45, 7) is 0.573. The molecule has 94 valence electrons. The molecule has 6 heteroatoms. The first-order valence-electron chi connectivity index (χ1n) is 5.62. The Hall–Kier alpha value is -1.88. The van der Waals surface area contributed by atoms with Gasteiger partial charge in [0.05, 0.1) is 19.3 Å². The van der Waals surface area contributed by atoms with Crippen LogP contribution in [0.5, 0.6) is 0 Å². The molecule has 0 aliphatic carbocycles. The summed E-state index contributed by atoms with van der Waals surface area (Å²) in [5, 5.41) is 3.59. The number of nitrogens with zero attached hydrogens (tertiary/aromatic N) is 3. The van der Waals surface area contributed by atoms with Crippen LogP contribution in [0.3, 0.4) is 0 Å². The number of aldehydes is 1. The van der Waals surface area contributed by atoms with E-state index in [0.717, 1.165) is 5.56 Å². The van der Waals surface area contributed by atoms with E-state index in [0.29, 0.717) is 12.9 Å². The van der Waals surface area contributed by atoms with Crippen molar-refractivity contribution in [2.45, 2.75) is 24.9 Å². The Balaban J connectivity index is 2.00. The van der Waals surface area contributed by atoms with Gasteiger partial charge in [0.25, 0.3) is 0 Å². The molecule has 0 amide bonds. The molecule has 0 radical (unpaired) electrons. The second kappa shape index (κ2) is 6.16. The van der Waals surface area contributed by atoms with E-state index in [1.165, 1.54) is 0 Å². The summed E-state index contributed by atoms with van der Waals surface area (Å²) in [5.41, 5.74) is 9.44. The number of carbonyl (C=O) groups excluding carboxylic acids is 1. The SMILES string of the molecule is [N-]=[N+]=N[C@H]1CO[C@@H](C=O)[C@H]1OCc1ccccc1. The Kier molecular flexibility index (Phi) is 4.30. The minimum atomic E-state index is -0.663. The van der Waals surface area contributed by atoms with Gasteiger partial charge in [-0.3, -0.25) is 0 Å². The lowest BCUT2D eigenvalue weighted by molar-refractivity contribution is -0.121. The van der Waals surface area contributed by atoms with Crippen LogP contribution < -0.4 is 0 Å². The molecule has 1 aliphatic rings. The molecule has 1 aliphatic heterocycles. The molecule has 0 N–H and O–H groups in total. The molecule has 6 nitrogen and oxygen atoms in total. The quantitative estimate of drug-likeness (QED) is 0.344. The molecule has 1 heterocycles. The number of hydrogen-bond donors (Lipinski definition) is 0. The van der Waals surface area contributed by atoms with E-state index in [2.05, 4.69) is 10.0 Å². The highest BCUT2D eigenvalue weighted by atomic mass is 16.6. The van der Waals surface area contributed by atoms with E-state index in [1.807, 2.05) is 30.3 Å². The van der Waals surface area contributed by atoms with Gasteiger partial charge in [0.2, 0.25) is 0 Å². The number of hydrogen-bond acceptors (Lipinski definition) is 4. The van der Waals surface area contributed by atoms with Crippen molar-refractivity contribution in [3.05, 3.63) is 46.3 Å². The van der Waals surface area contributed by atoms with E-state index in [4.69, 9.17) is 15.0 Å². The average molecular weight is 247 g/mol. The summed E-state index contributed by atoms with van der Waals surface area (Å²) in [6, 6.07) is 9.13. The molecule has 1 saturated heterocycles. The van der Waals surface area contributed by atoms with Gasteiger partial charge in [-0.1, -0.05) is 35.4 Å². The van der Waals surface area contributed by atoms with Crippen LogP contribution in [0.15, 0.2) is 35.4 Å². The lowest BCUT2D eigenvalue weighted by Crippen LogP contribution is -2.32. The summed E-state index contributed by atoms with van der Waals surface area (Å²) in [5.74, 6) is 0. The normalized spacial score (nSPS) is 26.6. The summed E-state index contributed by atoms with van der Waals surface area (Å²) in [4.78, 5) is 13.6. The summed E-state index contributed by atoms with van der Waals surface area (Å²) in [6.07, 6.45) is -0.495. The van der Waals surface area contributed by atoms with Gasteiger partial charge in [-0.05, 0) is 11.1 Å². The largest absolute Gasteiger partial charge is 0.370 e. The maximum absolute atomic E-state index is 10.8. The second-order valence-corrected chi connectivity index (χ2v) is 3.97. The topological polar surface area (TPSA) is 84.3 Å². The van der Waals surface area contributed by atoms with Gasteiger partial charge in [-0.25, -0.2) is 0 Å². The van der Waals surface area contributed by atoms with Crippen LogP contribution >= 0.6 is 0 Å². The van der Waals surface area contributed by atoms with E-state index >= 15 is 0 Å². The van der Waals surface area contributed by atoms with Crippen LogP contribution in [-0.2, 0) is 20.9 Å². The predicted molar refractivity (Wildman–Crippen MR) is 63.8 cm³/mol. The number of ether oxygens (including phenoxy) is 2. The van der Waals surface area contributed by atoms with Crippen molar-refractivity contribution in [1.82, 2.24) is 0 Å². The molecule has 1 aromatic carbocycles. The van der Waals surface area contributed by atoms with Crippen molar-refractivity contribution in [1.29, 1.82) is 0 Å². The summed E-state index contributed by atoms with van der Waals surface area (Å²) in [7, 11) is 0. The third-order valence-corrected chi connectivity index (χ3v) is 2.78. The fourth-order valence-corrected chi connectivity index (χ4v) is 1.87. The third kappa shape index (κ3) is 2.87. The van der Waals surface area contributed by atoms with Crippen molar-refractivity contribution in [3.8, 4) is 0 Å². The summed E-state index contributed by atoms with van der Waals surface area (Å²) < 4.78 is 10.8. The predicted octanol–water partition coefficient (Wildman–Crippen LogP) is 1.85. The smallest absolute Gasteiger partial charge is 0.151 e. The van der Waals surface area contributed by atoms with Crippen molar-refractivity contribution < 1.29 is 14.3 Å². The minimum absolute atomic E-state index is 0.215. The van der Waals surface area contributed by atoms with Crippen molar-refractivity contribution in [2.24, 2.45) is 5.11 Å². The van der Waals surface area contributed by atoms with Gasteiger partial charge >= 0.3 is 0 Å². The van der Waals surface area contributed by atoms with Crippen LogP contribution in [-0.4, -0.2) is 31.1 Å². The van der Waals surface area contributed by atoms with Gasteiger partial charge in [-0.15, -0.1) is 0 Å². The minimum Gasteiger partial charge on any atom is -0.370 e. The Bertz CT molecular complexity index is 445. The maximum atomic E-state index is 10.8. The van der Waals surface area contributed by atoms with Gasteiger partial charge < -0.3 is 14.3 Å². The first kappa shape index (κ1) is 12.6. The molecule has 0 saturated carbocycles. The monoisotopic (exact) mass is 247 g/mol. The van der Waals surface area contributed by atoms with Crippen molar-refractivity contribution in [3.63, 3.8) is 0 Å². The molecule has 0 spiro atoms. The van der Waals surface area contributed by atoms with E-state index in [-0.39, 0.29) is 6.61 Å². The lowest BCUT2D eigenvalue weighted by atomic mass is 10.1. The van der Waals surface area contributed by atoms with E-state index < -0.39 is 18.2 Å². The fraction of sp³-hybridized carbons (Fsp3) is 0.417. The number of carbonyl (C=O) groups is 1. The second-order valence-electron chi connectivity index (χ2n) is 3.97. The average Bonchev–Trinajstić information content (AvgIpc) is 2.80. The molecule has 0 aromatic heterocycles. The zero-order chi connectivity index (χ0) is 12.8. The van der Waals surface area contributed by atoms with Crippen LogP contribution in [0.25, 0.3) is 10.4 Å². The Labute approximate surface area is 104 Å². The molecule has 3 atom stereocenters. The lowest BCUT2D eigenvalue weighted by Gasteiger charge is -2.17. The zero-order valence-electron chi connectivity index (χ0n) is 9.68.